The van der Waals surface area contributed by atoms with Gasteiger partial charge in [-0.3, -0.25) is 31.4 Å². The van der Waals surface area contributed by atoms with Gasteiger partial charge in [-0.1, -0.05) is 6.07 Å². The van der Waals surface area contributed by atoms with Gasteiger partial charge in [0.15, 0.2) is 0 Å². The molecule has 0 atom stereocenters. The van der Waals surface area contributed by atoms with E-state index in [4.69, 9.17) is 9.59 Å². The maximum Gasteiger partial charge on any atom is 0.0627 e. The van der Waals surface area contributed by atoms with Gasteiger partial charge in [-0.2, -0.15) is 50.3 Å². The third-order valence-electron chi connectivity index (χ3n) is 1.72. The molecule has 6 nitrogen and oxygen atoms in total. The second kappa shape index (κ2) is 58.1. The summed E-state index contributed by atoms with van der Waals surface area (Å²) >= 11 is 0. The van der Waals surface area contributed by atoms with Gasteiger partial charge >= 0.3 is 0 Å². The van der Waals surface area contributed by atoms with Crippen LogP contribution in [0.25, 0.3) is 0 Å². The summed E-state index contributed by atoms with van der Waals surface area (Å²) in [7, 11) is 0. The molecule has 0 amide bonds. The molecule has 0 fully saturated rings. The average Bonchev–Trinajstić information content (AvgIpc) is 2.57. The van der Waals surface area contributed by atoms with Crippen LogP contribution in [-0.4, -0.2) is 37.7 Å². The summed E-state index contributed by atoms with van der Waals surface area (Å²) in [4.78, 5) is 56.3. The summed E-state index contributed by atoms with van der Waals surface area (Å²) in [5, 5.41) is 0. The predicted molar refractivity (Wildman–Crippen MR) is 83.8 cm³/mol. The number of hydrogen-bond acceptors (Lipinski definition) is 6. The van der Waals surface area contributed by atoms with Crippen LogP contribution >= 0.6 is 0 Å². The van der Waals surface area contributed by atoms with Crippen LogP contribution in [0.1, 0.15) is 32.3 Å². The maximum atomic E-state index is 9.88. The predicted octanol–water partition coefficient (Wildman–Crippen LogP) is 1.07. The summed E-state index contributed by atoms with van der Waals surface area (Å²) in [6, 6.07) is 8.90. The van der Waals surface area contributed by atoms with Crippen LogP contribution in [0, 0.1) is 5.92 Å². The van der Waals surface area contributed by atoms with Gasteiger partial charge in [0.25, 0.3) is 0 Å². The van der Waals surface area contributed by atoms with Gasteiger partial charge in [0, 0.05) is 196 Å². The van der Waals surface area contributed by atoms with E-state index in [0.29, 0.717) is 5.56 Å². The second-order valence-electron chi connectivity index (χ2n) is 3.39. The third-order valence-corrected chi connectivity index (χ3v) is 1.72. The van der Waals surface area contributed by atoms with E-state index in [9.17, 15) is 19.2 Å². The van der Waals surface area contributed by atoms with Crippen molar-refractivity contribution in [3.05, 3.63) is 35.9 Å². The molecule has 1 aromatic rings. The topological polar surface area (TPSA) is 102 Å². The van der Waals surface area contributed by atoms with E-state index in [2.05, 4.69) is 0 Å². The molecule has 0 aliphatic rings. The molecule has 0 saturated heterocycles. The van der Waals surface area contributed by atoms with Crippen LogP contribution < -0.4 is 0 Å². The maximum absolute atomic E-state index is 9.88. The van der Waals surface area contributed by atoms with E-state index in [1.165, 1.54) is 45.3 Å². The minimum Gasteiger partial charge on any atom is -0.542 e. The number of benzene rings is 1. The molecule has 0 N–H and O–H groups in total. The van der Waals surface area contributed by atoms with Crippen molar-refractivity contribution in [2.24, 2.45) is 5.92 Å². The molecule has 0 aliphatic carbocycles. The summed E-state index contributed by atoms with van der Waals surface area (Å²) in [5.41, 5.74) is 0.604. The van der Waals surface area contributed by atoms with Gasteiger partial charge in [-0.15, -0.1) is 12.1 Å². The van der Waals surface area contributed by atoms with E-state index in [1.54, 1.807) is 30.6 Å². The summed E-state index contributed by atoms with van der Waals surface area (Å²) < 4.78 is 0. The zero-order valence-corrected chi connectivity index (χ0v) is 33.3. The molecule has 1 aromatic carbocycles. The van der Waals surface area contributed by atoms with Crippen molar-refractivity contribution in [2.45, 2.75) is 26.7 Å². The van der Waals surface area contributed by atoms with Crippen LogP contribution in [0.4, 0.5) is 0 Å². The third kappa shape index (κ3) is 59.4. The van der Waals surface area contributed by atoms with Crippen LogP contribution in [-0.2, 0) is 225 Å². The molecule has 6 radical (unpaired) electrons. The van der Waals surface area contributed by atoms with Crippen molar-refractivity contribution in [3.8, 4) is 0 Å². The standard InChI is InChI=1S/C7H5O.C6H5O3.2C2H3O.6Y/c8-6-7-4-2-1-3-5-7;7-3-1-6(5-9)2-4-8;2*1-2-3;;;;;;/h1-5H;6H,1-2H2;2*1H3;;;;;;/q-1;-3;2*-1;;;;;;. The Kier molecular flexibility index (Phi) is 117. The van der Waals surface area contributed by atoms with Crippen molar-refractivity contribution in [2.75, 3.05) is 0 Å². The smallest absolute Gasteiger partial charge is 0.0627 e. The quantitative estimate of drug-likeness (QED) is 0.398. The first-order chi connectivity index (χ1) is 11.1. The molecular formula is C17H16O6Y6-6. The Morgan fingerprint density at radius 3 is 1.14 bits per heavy atom. The van der Waals surface area contributed by atoms with E-state index in [-0.39, 0.29) is 209 Å². The Hall–Kier alpha value is 3.86. The van der Waals surface area contributed by atoms with E-state index >= 15 is 0 Å². The van der Waals surface area contributed by atoms with Gasteiger partial charge in [0.05, 0.1) is 6.29 Å². The van der Waals surface area contributed by atoms with Crippen LogP contribution in [0.5, 0.6) is 0 Å². The Balaban J connectivity index is -0.0000000267. The van der Waals surface area contributed by atoms with Crippen molar-refractivity contribution in [1.82, 2.24) is 0 Å². The first kappa shape index (κ1) is 58.6. The van der Waals surface area contributed by atoms with Crippen molar-refractivity contribution >= 4 is 37.7 Å². The van der Waals surface area contributed by atoms with Gasteiger partial charge in [-0.05, 0) is 0 Å². The Labute approximate surface area is 324 Å². The molecule has 0 aliphatic heterocycles. The van der Waals surface area contributed by atoms with Gasteiger partial charge < -0.3 is 28.8 Å². The first-order valence-corrected chi connectivity index (χ1v) is 6.20. The largest absolute Gasteiger partial charge is 0.542 e. The molecule has 12 heteroatoms. The molecule has 29 heavy (non-hydrogen) atoms. The molecule has 0 heterocycles. The minimum absolute atomic E-state index is 0. The van der Waals surface area contributed by atoms with Gasteiger partial charge in [-0.25, -0.2) is 0 Å². The van der Waals surface area contributed by atoms with E-state index in [1.807, 2.05) is 6.07 Å². The number of carbonyl (C=O) groups excluding carboxylic acids is 6. The molecule has 0 aromatic heterocycles. The van der Waals surface area contributed by atoms with Gasteiger partial charge in [0.2, 0.25) is 0 Å². The monoisotopic (exact) mass is 850 g/mol. The van der Waals surface area contributed by atoms with Crippen LogP contribution in [0.2, 0.25) is 0 Å². The van der Waals surface area contributed by atoms with Crippen molar-refractivity contribution < 1.29 is 225 Å². The molecular weight excluding hydrogens is 834 g/mol. The zero-order valence-electron chi connectivity index (χ0n) is 16.3. The second-order valence-corrected chi connectivity index (χ2v) is 3.39. The minimum atomic E-state index is -0.639. The fourth-order valence-electron chi connectivity index (χ4n) is 0.863. The SMILES string of the molecule is C[C-]=O.C[C-]=O.O=[C-]CC([C-]=O)C[C-]=O.O=[C-]c1ccccc1.[Y].[Y].[Y].[Y].[Y].[Y]. The molecule has 0 unspecified atom stereocenters. The van der Waals surface area contributed by atoms with Crippen LogP contribution in [0.3, 0.4) is 0 Å². The Bertz CT molecular complexity index is 433. The number of hydrogen-bond donors (Lipinski definition) is 0. The Morgan fingerprint density at radius 2 is 0.966 bits per heavy atom. The number of rotatable bonds is 6. The van der Waals surface area contributed by atoms with Crippen LogP contribution in [0.15, 0.2) is 30.3 Å². The zero-order chi connectivity index (χ0) is 18.3. The van der Waals surface area contributed by atoms with Crippen molar-refractivity contribution in [1.29, 1.82) is 0 Å². The fraction of sp³-hybridized carbons (Fsp3) is 0.294. The normalized spacial score (nSPS) is 6.03. The Morgan fingerprint density at radius 1 is 0.655 bits per heavy atom. The van der Waals surface area contributed by atoms with Crippen molar-refractivity contribution in [3.63, 3.8) is 0 Å². The average molecular weight is 850 g/mol. The van der Waals surface area contributed by atoms with E-state index < -0.39 is 5.92 Å². The summed E-state index contributed by atoms with van der Waals surface area (Å²) in [6.45, 7) is 2.64. The van der Waals surface area contributed by atoms with E-state index in [0.717, 1.165) is 0 Å². The summed E-state index contributed by atoms with van der Waals surface area (Å²) in [5.74, 6) is -0.639. The molecule has 144 valence electrons. The molecule has 0 spiro atoms. The molecule has 1 rings (SSSR count). The molecule has 0 bridgehead atoms. The summed E-state index contributed by atoms with van der Waals surface area (Å²) in [6.07, 6.45) is 9.22. The van der Waals surface area contributed by atoms with Gasteiger partial charge in [0.1, 0.15) is 0 Å². The fourth-order valence-corrected chi connectivity index (χ4v) is 0.863. The first-order valence-electron chi connectivity index (χ1n) is 6.20. The molecule has 0 saturated carbocycles.